The van der Waals surface area contributed by atoms with Crippen molar-refractivity contribution in [2.24, 2.45) is 0 Å². The Morgan fingerprint density at radius 2 is 1.65 bits per heavy atom. The highest BCUT2D eigenvalue weighted by molar-refractivity contribution is 7.88. The molecule has 0 aromatic heterocycles. The maximum Gasteiger partial charge on any atom is 0.534 e. The summed E-state index contributed by atoms with van der Waals surface area (Å²) in [7, 11) is -5.65. The first kappa shape index (κ1) is 22.0. The quantitative estimate of drug-likeness (QED) is 0.485. The van der Waals surface area contributed by atoms with E-state index in [9.17, 15) is 21.6 Å². The van der Waals surface area contributed by atoms with E-state index in [-0.39, 0.29) is 5.75 Å². The van der Waals surface area contributed by atoms with E-state index in [0.717, 1.165) is 44.8 Å². The van der Waals surface area contributed by atoms with E-state index in [1.165, 1.54) is 36.1 Å². The lowest BCUT2D eigenvalue weighted by atomic mass is 9.97. The monoisotopic (exact) mass is 454 g/mol. The molecule has 1 fully saturated rings. The average molecular weight is 455 g/mol. The van der Waals surface area contributed by atoms with Gasteiger partial charge < -0.3 is 9.08 Å². The fourth-order valence-corrected chi connectivity index (χ4v) is 4.86. The largest absolute Gasteiger partial charge is 0.534 e. The van der Waals surface area contributed by atoms with Gasteiger partial charge in [-0.1, -0.05) is 24.3 Å². The Morgan fingerprint density at radius 3 is 2.32 bits per heavy atom. The van der Waals surface area contributed by atoms with Gasteiger partial charge in [0.15, 0.2) is 0 Å². The number of alkyl halides is 3. The molecule has 2 aromatic carbocycles. The normalized spacial score (nSPS) is 20.0. The molecule has 1 atom stereocenters. The molecule has 9 heteroatoms. The number of halogens is 3. The zero-order chi connectivity index (χ0) is 22.1. The van der Waals surface area contributed by atoms with Crippen LogP contribution in [0.2, 0.25) is 0 Å². The van der Waals surface area contributed by atoms with Crippen molar-refractivity contribution in [3.05, 3.63) is 59.7 Å². The van der Waals surface area contributed by atoms with Crippen LogP contribution in [-0.2, 0) is 16.5 Å². The SMILES string of the molecule is O=S(=O)(Oc1ccc(N2CCN(CCC3CCc4ccccc43)CC2)cc1)C(F)(F)F. The van der Waals surface area contributed by atoms with E-state index < -0.39 is 15.6 Å². The summed E-state index contributed by atoms with van der Waals surface area (Å²) in [6.45, 7) is 4.49. The Labute approximate surface area is 180 Å². The molecule has 1 aliphatic carbocycles. The molecule has 1 heterocycles. The lowest BCUT2D eigenvalue weighted by Gasteiger charge is -2.36. The van der Waals surface area contributed by atoms with Crippen molar-refractivity contribution in [1.29, 1.82) is 0 Å². The summed E-state index contributed by atoms with van der Waals surface area (Å²) in [6.07, 6.45) is 3.53. The van der Waals surface area contributed by atoms with Gasteiger partial charge in [0.1, 0.15) is 5.75 Å². The lowest BCUT2D eigenvalue weighted by Crippen LogP contribution is -2.46. The first-order chi connectivity index (χ1) is 14.7. The molecular weight excluding hydrogens is 429 g/mol. The number of aryl methyl sites for hydroxylation is 1. The molecule has 4 rings (SSSR count). The van der Waals surface area contributed by atoms with Crippen molar-refractivity contribution in [3.63, 3.8) is 0 Å². The van der Waals surface area contributed by atoms with Gasteiger partial charge in [0.25, 0.3) is 0 Å². The number of rotatable bonds is 6. The van der Waals surface area contributed by atoms with Gasteiger partial charge in [-0.25, -0.2) is 0 Å². The van der Waals surface area contributed by atoms with Gasteiger partial charge in [-0.3, -0.25) is 4.90 Å². The first-order valence-electron chi connectivity index (χ1n) is 10.4. The molecule has 0 bridgehead atoms. The molecule has 1 unspecified atom stereocenters. The van der Waals surface area contributed by atoms with Crippen LogP contribution in [0.3, 0.4) is 0 Å². The molecule has 1 saturated heterocycles. The van der Waals surface area contributed by atoms with Crippen LogP contribution in [0.25, 0.3) is 0 Å². The molecule has 31 heavy (non-hydrogen) atoms. The van der Waals surface area contributed by atoms with Crippen LogP contribution in [0.5, 0.6) is 5.75 Å². The number of anilines is 1. The van der Waals surface area contributed by atoms with E-state index in [1.807, 2.05) is 0 Å². The summed E-state index contributed by atoms with van der Waals surface area (Å²) in [6, 6.07) is 14.4. The Balaban J connectivity index is 1.26. The minimum atomic E-state index is -5.65. The molecule has 0 radical (unpaired) electrons. The van der Waals surface area contributed by atoms with Gasteiger partial charge in [0, 0.05) is 31.9 Å². The van der Waals surface area contributed by atoms with Crippen LogP contribution in [0, 0.1) is 0 Å². The van der Waals surface area contributed by atoms with Crippen molar-refractivity contribution in [2.45, 2.75) is 30.7 Å². The van der Waals surface area contributed by atoms with Gasteiger partial charge in [-0.15, -0.1) is 0 Å². The average Bonchev–Trinajstić information content (AvgIpc) is 3.15. The summed E-state index contributed by atoms with van der Waals surface area (Å²) in [4.78, 5) is 4.59. The molecule has 2 aliphatic rings. The number of benzene rings is 2. The Bertz CT molecular complexity index is 1000. The van der Waals surface area contributed by atoms with E-state index in [2.05, 4.69) is 38.2 Å². The van der Waals surface area contributed by atoms with Gasteiger partial charge in [0.05, 0.1) is 0 Å². The number of nitrogens with zero attached hydrogens (tertiary/aromatic N) is 2. The summed E-state index contributed by atoms with van der Waals surface area (Å²) in [5, 5.41) is 0. The third-order valence-corrected chi connectivity index (χ3v) is 7.09. The standard InChI is InChI=1S/C22H25F3N2O3S/c23-22(24,25)31(28,29)30-20-9-7-19(8-10-20)27-15-13-26(14-16-27)12-11-18-6-5-17-3-1-2-4-21(17)18/h1-4,7-10,18H,5-6,11-16H2. The van der Waals surface area contributed by atoms with E-state index in [0.29, 0.717) is 5.92 Å². The van der Waals surface area contributed by atoms with Gasteiger partial charge in [-0.2, -0.15) is 21.6 Å². The lowest BCUT2D eigenvalue weighted by molar-refractivity contribution is -0.0500. The van der Waals surface area contributed by atoms with Crippen LogP contribution < -0.4 is 9.08 Å². The maximum atomic E-state index is 12.4. The van der Waals surface area contributed by atoms with Crippen LogP contribution in [0.15, 0.2) is 48.5 Å². The van der Waals surface area contributed by atoms with Crippen LogP contribution in [-0.4, -0.2) is 51.5 Å². The summed E-state index contributed by atoms with van der Waals surface area (Å²) in [5.41, 5.74) is -1.63. The van der Waals surface area contributed by atoms with E-state index in [4.69, 9.17) is 0 Å². The zero-order valence-corrected chi connectivity index (χ0v) is 17.8. The summed E-state index contributed by atoms with van der Waals surface area (Å²) < 4.78 is 63.7. The molecule has 0 saturated carbocycles. The smallest absolute Gasteiger partial charge is 0.376 e. The molecule has 1 aliphatic heterocycles. The van der Waals surface area contributed by atoms with Crippen LogP contribution in [0.1, 0.15) is 29.9 Å². The number of hydrogen-bond acceptors (Lipinski definition) is 5. The highest BCUT2D eigenvalue weighted by Crippen LogP contribution is 2.35. The highest BCUT2D eigenvalue weighted by atomic mass is 32.2. The zero-order valence-electron chi connectivity index (χ0n) is 17.0. The molecule has 168 valence electrons. The molecule has 2 aromatic rings. The minimum Gasteiger partial charge on any atom is -0.376 e. The molecule has 0 spiro atoms. The summed E-state index contributed by atoms with van der Waals surface area (Å²) in [5.74, 6) is 0.284. The van der Waals surface area contributed by atoms with E-state index >= 15 is 0 Å². The second-order valence-electron chi connectivity index (χ2n) is 8.03. The van der Waals surface area contributed by atoms with Crippen molar-refractivity contribution in [3.8, 4) is 5.75 Å². The van der Waals surface area contributed by atoms with Crippen molar-refractivity contribution >= 4 is 15.8 Å². The second-order valence-corrected chi connectivity index (χ2v) is 9.57. The number of fused-ring (bicyclic) bond motifs is 1. The van der Waals surface area contributed by atoms with Crippen LogP contribution in [0.4, 0.5) is 18.9 Å². The molecular formula is C22H25F3N2O3S. The minimum absolute atomic E-state index is 0.350. The predicted octanol–water partition coefficient (Wildman–Crippen LogP) is 4.16. The Morgan fingerprint density at radius 1 is 0.968 bits per heavy atom. The van der Waals surface area contributed by atoms with Crippen molar-refractivity contribution in [1.82, 2.24) is 4.90 Å². The molecule has 5 nitrogen and oxygen atoms in total. The maximum absolute atomic E-state index is 12.4. The third kappa shape index (κ3) is 4.98. The Hall–Kier alpha value is -2.26. The van der Waals surface area contributed by atoms with Crippen molar-refractivity contribution < 1.29 is 25.8 Å². The van der Waals surface area contributed by atoms with Crippen molar-refractivity contribution in [2.75, 3.05) is 37.6 Å². The number of piperazine rings is 1. The Kier molecular flexibility index (Phi) is 6.16. The second kappa shape index (κ2) is 8.70. The summed E-state index contributed by atoms with van der Waals surface area (Å²) >= 11 is 0. The molecule has 0 N–H and O–H groups in total. The fraction of sp³-hybridized carbons (Fsp3) is 0.455. The highest BCUT2D eigenvalue weighted by Gasteiger charge is 2.48. The molecule has 0 amide bonds. The van der Waals surface area contributed by atoms with Gasteiger partial charge >= 0.3 is 15.6 Å². The predicted molar refractivity (Wildman–Crippen MR) is 113 cm³/mol. The topological polar surface area (TPSA) is 49.9 Å². The first-order valence-corrected chi connectivity index (χ1v) is 11.8. The number of hydrogen-bond donors (Lipinski definition) is 0. The third-order valence-electron chi connectivity index (χ3n) is 6.11. The van der Waals surface area contributed by atoms with Gasteiger partial charge in [-0.05, 0) is 67.1 Å². The fourth-order valence-electron chi connectivity index (χ4n) is 4.40. The van der Waals surface area contributed by atoms with Crippen LogP contribution >= 0.6 is 0 Å². The van der Waals surface area contributed by atoms with Gasteiger partial charge in [0.2, 0.25) is 0 Å². The van der Waals surface area contributed by atoms with E-state index in [1.54, 1.807) is 12.1 Å².